The van der Waals surface area contributed by atoms with E-state index in [1.165, 1.54) is 12.5 Å². The molecule has 1 aromatic rings. The van der Waals surface area contributed by atoms with E-state index in [9.17, 15) is 9.59 Å². The lowest BCUT2D eigenvalue weighted by Crippen LogP contribution is -2.09. The maximum absolute atomic E-state index is 11.1. The molecule has 0 aliphatic carbocycles. The molecule has 1 heterocycles. The quantitative estimate of drug-likeness (QED) is 0.549. The fraction of sp³-hybridized carbons (Fsp3) is 0.300. The standard InChI is InChI=1S/C10H10N2O3/c1-2-15-9(13)5-3-4-8-6-11-7-12-10(8)14/h6-7H,2,5H2,1H3,(H,11,12,14). The molecule has 0 bridgehead atoms. The summed E-state index contributed by atoms with van der Waals surface area (Å²) in [6.45, 7) is 2.05. The summed E-state index contributed by atoms with van der Waals surface area (Å²) in [7, 11) is 0. The molecule has 1 rings (SSSR count). The molecular weight excluding hydrogens is 196 g/mol. The summed E-state index contributed by atoms with van der Waals surface area (Å²) in [4.78, 5) is 28.1. The van der Waals surface area contributed by atoms with Gasteiger partial charge in [-0.1, -0.05) is 11.8 Å². The smallest absolute Gasteiger partial charge is 0.317 e. The van der Waals surface area contributed by atoms with E-state index >= 15 is 0 Å². The minimum absolute atomic E-state index is 0.0256. The second-order valence-corrected chi connectivity index (χ2v) is 2.58. The molecule has 0 aliphatic heterocycles. The summed E-state index contributed by atoms with van der Waals surface area (Å²) < 4.78 is 4.67. The maximum atomic E-state index is 11.1. The molecule has 1 aromatic heterocycles. The zero-order valence-electron chi connectivity index (χ0n) is 8.24. The fourth-order valence-corrected chi connectivity index (χ4v) is 0.857. The number of hydrogen-bond acceptors (Lipinski definition) is 4. The monoisotopic (exact) mass is 206 g/mol. The fourth-order valence-electron chi connectivity index (χ4n) is 0.857. The van der Waals surface area contributed by atoms with Crippen molar-refractivity contribution in [2.75, 3.05) is 6.61 Å². The minimum Gasteiger partial charge on any atom is -0.465 e. The van der Waals surface area contributed by atoms with Crippen molar-refractivity contribution in [3.63, 3.8) is 0 Å². The lowest BCUT2D eigenvalue weighted by Gasteiger charge is -1.94. The zero-order valence-corrected chi connectivity index (χ0v) is 8.24. The highest BCUT2D eigenvalue weighted by molar-refractivity contribution is 5.72. The van der Waals surface area contributed by atoms with Crippen molar-refractivity contribution >= 4 is 5.97 Å². The Kier molecular flexibility index (Phi) is 4.10. The summed E-state index contributed by atoms with van der Waals surface area (Å²) in [5.41, 5.74) is -0.0804. The number of H-pyrrole nitrogens is 1. The predicted molar refractivity (Wildman–Crippen MR) is 53.0 cm³/mol. The number of aromatic amines is 1. The molecule has 1 N–H and O–H groups in total. The highest BCUT2D eigenvalue weighted by atomic mass is 16.5. The van der Waals surface area contributed by atoms with E-state index in [2.05, 4.69) is 26.5 Å². The van der Waals surface area contributed by atoms with Gasteiger partial charge in [-0.2, -0.15) is 0 Å². The molecule has 0 spiro atoms. The van der Waals surface area contributed by atoms with Gasteiger partial charge in [-0.05, 0) is 6.92 Å². The first-order chi connectivity index (χ1) is 7.24. The largest absolute Gasteiger partial charge is 0.465 e. The lowest BCUT2D eigenvalue weighted by atomic mass is 10.3. The van der Waals surface area contributed by atoms with Crippen molar-refractivity contribution in [1.82, 2.24) is 9.97 Å². The van der Waals surface area contributed by atoms with Crippen LogP contribution in [-0.4, -0.2) is 22.5 Å². The van der Waals surface area contributed by atoms with Crippen LogP contribution in [0, 0.1) is 11.8 Å². The van der Waals surface area contributed by atoms with Gasteiger partial charge >= 0.3 is 5.97 Å². The van der Waals surface area contributed by atoms with Crippen LogP contribution < -0.4 is 5.56 Å². The first kappa shape index (κ1) is 11.0. The number of ether oxygens (including phenoxy) is 1. The molecular formula is C10H10N2O3. The predicted octanol–water partition coefficient (Wildman–Crippen LogP) is 0.0746. The van der Waals surface area contributed by atoms with E-state index in [0.717, 1.165) is 0 Å². The van der Waals surface area contributed by atoms with E-state index in [-0.39, 0.29) is 17.5 Å². The van der Waals surface area contributed by atoms with E-state index in [1.807, 2.05) is 0 Å². The first-order valence-corrected chi connectivity index (χ1v) is 4.41. The Morgan fingerprint density at radius 1 is 1.67 bits per heavy atom. The van der Waals surface area contributed by atoms with Gasteiger partial charge in [0.05, 0.1) is 12.9 Å². The number of nitrogens with one attached hydrogen (secondary N) is 1. The van der Waals surface area contributed by atoms with Gasteiger partial charge in [0.15, 0.2) is 0 Å². The van der Waals surface area contributed by atoms with Crippen molar-refractivity contribution < 1.29 is 9.53 Å². The van der Waals surface area contributed by atoms with Gasteiger partial charge in [0, 0.05) is 6.20 Å². The van der Waals surface area contributed by atoms with Crippen molar-refractivity contribution in [2.45, 2.75) is 13.3 Å². The maximum Gasteiger partial charge on any atom is 0.317 e. The summed E-state index contributed by atoms with van der Waals surface area (Å²) in [5, 5.41) is 0. The molecule has 5 nitrogen and oxygen atoms in total. The van der Waals surface area contributed by atoms with Gasteiger partial charge in [0.25, 0.3) is 5.56 Å². The van der Waals surface area contributed by atoms with Crippen LogP contribution in [0.4, 0.5) is 0 Å². The molecule has 5 heteroatoms. The molecule has 0 saturated carbocycles. The van der Waals surface area contributed by atoms with Crippen LogP contribution in [0.25, 0.3) is 0 Å². The number of aromatic nitrogens is 2. The van der Waals surface area contributed by atoms with Crippen molar-refractivity contribution in [3.8, 4) is 11.8 Å². The third-order valence-corrected chi connectivity index (χ3v) is 1.48. The van der Waals surface area contributed by atoms with Crippen LogP contribution >= 0.6 is 0 Å². The van der Waals surface area contributed by atoms with E-state index in [0.29, 0.717) is 6.61 Å². The number of nitrogens with zero attached hydrogens (tertiary/aromatic N) is 1. The highest BCUT2D eigenvalue weighted by Crippen LogP contribution is 1.86. The first-order valence-electron chi connectivity index (χ1n) is 4.41. The molecule has 0 saturated heterocycles. The average Bonchev–Trinajstić information content (AvgIpc) is 2.21. The summed E-state index contributed by atoms with van der Waals surface area (Å²) in [5.74, 6) is 4.69. The number of carbonyl (C=O) groups excluding carboxylic acids is 1. The van der Waals surface area contributed by atoms with Crippen LogP contribution in [0.2, 0.25) is 0 Å². The van der Waals surface area contributed by atoms with Gasteiger partial charge in [-0.25, -0.2) is 4.98 Å². The molecule has 0 amide bonds. The molecule has 15 heavy (non-hydrogen) atoms. The molecule has 0 fully saturated rings. The molecule has 0 aromatic carbocycles. The Bertz CT molecular complexity index is 453. The van der Waals surface area contributed by atoms with Crippen molar-refractivity contribution in [3.05, 3.63) is 28.4 Å². The van der Waals surface area contributed by atoms with Gasteiger partial charge in [-0.15, -0.1) is 0 Å². The van der Waals surface area contributed by atoms with Crippen molar-refractivity contribution in [1.29, 1.82) is 0 Å². The Morgan fingerprint density at radius 2 is 2.47 bits per heavy atom. The second-order valence-electron chi connectivity index (χ2n) is 2.58. The molecule has 0 unspecified atom stereocenters. The molecule has 0 aliphatic rings. The Balaban J connectivity index is 2.63. The van der Waals surface area contributed by atoms with Crippen molar-refractivity contribution in [2.24, 2.45) is 0 Å². The second kappa shape index (κ2) is 5.60. The Morgan fingerprint density at radius 3 is 3.13 bits per heavy atom. The van der Waals surface area contributed by atoms with Gasteiger partial charge in [0.1, 0.15) is 12.0 Å². The average molecular weight is 206 g/mol. The zero-order chi connectivity index (χ0) is 11.1. The number of carbonyl (C=O) groups is 1. The topological polar surface area (TPSA) is 72.0 Å². The molecule has 78 valence electrons. The summed E-state index contributed by atoms with van der Waals surface area (Å²) >= 11 is 0. The van der Waals surface area contributed by atoms with Crippen LogP contribution in [-0.2, 0) is 9.53 Å². The third kappa shape index (κ3) is 3.65. The molecule has 0 atom stereocenters. The number of hydrogen-bond donors (Lipinski definition) is 1. The van der Waals surface area contributed by atoms with Gasteiger partial charge < -0.3 is 9.72 Å². The molecule has 0 radical (unpaired) electrons. The van der Waals surface area contributed by atoms with Gasteiger partial charge in [0.2, 0.25) is 0 Å². The van der Waals surface area contributed by atoms with Gasteiger partial charge in [-0.3, -0.25) is 9.59 Å². The van der Waals surface area contributed by atoms with Crippen LogP contribution in [0.1, 0.15) is 18.9 Å². The van der Waals surface area contributed by atoms with Crippen LogP contribution in [0.15, 0.2) is 17.3 Å². The number of esters is 1. The highest BCUT2D eigenvalue weighted by Gasteiger charge is 1.97. The van der Waals surface area contributed by atoms with E-state index in [1.54, 1.807) is 6.92 Å². The minimum atomic E-state index is -0.398. The Hall–Kier alpha value is -2.09. The summed E-state index contributed by atoms with van der Waals surface area (Å²) in [6, 6.07) is 0. The van der Waals surface area contributed by atoms with Crippen LogP contribution in [0.3, 0.4) is 0 Å². The van der Waals surface area contributed by atoms with Crippen LogP contribution in [0.5, 0.6) is 0 Å². The van der Waals surface area contributed by atoms with E-state index < -0.39 is 5.97 Å². The SMILES string of the molecule is CCOC(=O)CC#Cc1cnc[nH]c1=O. The lowest BCUT2D eigenvalue weighted by molar-refractivity contribution is -0.141. The Labute approximate surface area is 86.5 Å². The third-order valence-electron chi connectivity index (χ3n) is 1.48. The van der Waals surface area contributed by atoms with E-state index in [4.69, 9.17) is 0 Å². The number of rotatable bonds is 2. The normalized spacial score (nSPS) is 8.87. The summed E-state index contributed by atoms with van der Waals surface area (Å²) in [6.07, 6.45) is 2.60.